The predicted molar refractivity (Wildman–Crippen MR) is 99.0 cm³/mol. The molecule has 1 aromatic carbocycles. The highest BCUT2D eigenvalue weighted by molar-refractivity contribution is 7.90. The lowest BCUT2D eigenvalue weighted by Crippen LogP contribution is -2.47. The van der Waals surface area contributed by atoms with Gasteiger partial charge in [-0.15, -0.1) is 11.6 Å². The van der Waals surface area contributed by atoms with E-state index < -0.39 is 27.4 Å². The molecule has 0 aromatic heterocycles. The number of carbonyl (C=O) groups excluding carboxylic acids is 1. The van der Waals surface area contributed by atoms with Crippen molar-refractivity contribution in [3.8, 4) is 0 Å². The monoisotopic (exact) mass is 397 g/mol. The normalized spacial score (nSPS) is 35.9. The molecule has 1 amide bonds. The van der Waals surface area contributed by atoms with Crippen molar-refractivity contribution >= 4 is 27.5 Å². The third-order valence-corrected chi connectivity index (χ3v) is 9.62. The summed E-state index contributed by atoms with van der Waals surface area (Å²) in [4.78, 5) is 13.1. The van der Waals surface area contributed by atoms with Crippen LogP contribution in [0.5, 0.6) is 0 Å². The van der Waals surface area contributed by atoms with Gasteiger partial charge in [-0.2, -0.15) is 0 Å². The molecule has 3 aliphatic rings. The molecule has 2 aliphatic carbocycles. The van der Waals surface area contributed by atoms with Gasteiger partial charge in [-0.1, -0.05) is 44.2 Å². The summed E-state index contributed by atoms with van der Waals surface area (Å²) in [6.07, 6.45) is 1.29. The number of rotatable bonds is 3. The number of amides is 1. The highest BCUT2D eigenvalue weighted by Crippen LogP contribution is 2.70. The van der Waals surface area contributed by atoms with Crippen molar-refractivity contribution in [2.24, 2.45) is 16.7 Å². The minimum Gasteiger partial charge on any atom is -0.386 e. The molecule has 1 heterocycles. The van der Waals surface area contributed by atoms with Crippen molar-refractivity contribution in [2.45, 2.75) is 50.6 Å². The van der Waals surface area contributed by atoms with E-state index in [1.165, 1.54) is 0 Å². The molecule has 26 heavy (non-hydrogen) atoms. The van der Waals surface area contributed by atoms with Gasteiger partial charge in [0.2, 0.25) is 10.0 Å². The fourth-order valence-electron chi connectivity index (χ4n) is 5.65. The Bertz CT molecular complexity index is 840. The van der Waals surface area contributed by atoms with E-state index in [1.54, 1.807) is 30.3 Å². The van der Waals surface area contributed by atoms with E-state index in [0.717, 1.165) is 17.1 Å². The molecule has 4 rings (SSSR count). The number of aliphatic hydroxyl groups excluding tert-OH is 1. The maximum absolute atomic E-state index is 13.1. The van der Waals surface area contributed by atoms with Crippen LogP contribution in [0, 0.1) is 16.7 Å². The Morgan fingerprint density at radius 3 is 2.58 bits per heavy atom. The maximum Gasteiger partial charge on any atom is 0.257 e. The number of halogens is 1. The number of hydrogen-bond donors (Lipinski definition) is 1. The predicted octanol–water partition coefficient (Wildman–Crippen LogP) is 2.69. The van der Waals surface area contributed by atoms with Gasteiger partial charge >= 0.3 is 0 Å². The Morgan fingerprint density at radius 1 is 1.31 bits per heavy atom. The first kappa shape index (κ1) is 18.3. The zero-order valence-corrected chi connectivity index (χ0v) is 16.5. The molecule has 5 atom stereocenters. The second-order valence-corrected chi connectivity index (χ2v) is 10.8. The zero-order valence-electron chi connectivity index (χ0n) is 14.9. The van der Waals surface area contributed by atoms with Gasteiger partial charge in [0.1, 0.15) is 11.5 Å². The molecular weight excluding hydrogens is 374 g/mol. The Morgan fingerprint density at radius 2 is 1.96 bits per heavy atom. The Labute approximate surface area is 159 Å². The first-order valence-electron chi connectivity index (χ1n) is 9.05. The smallest absolute Gasteiger partial charge is 0.257 e. The molecule has 2 saturated carbocycles. The zero-order chi connectivity index (χ0) is 18.9. The first-order chi connectivity index (χ1) is 12.1. The van der Waals surface area contributed by atoms with E-state index in [0.29, 0.717) is 17.9 Å². The number of carbonyl (C=O) groups is 1. The van der Waals surface area contributed by atoms with E-state index in [1.807, 2.05) is 0 Å². The number of aliphatic hydroxyl groups is 1. The molecule has 0 radical (unpaired) electrons. The molecule has 142 valence electrons. The molecule has 1 aromatic rings. The molecule has 2 bridgehead atoms. The molecule has 3 unspecified atom stereocenters. The molecule has 3 fully saturated rings. The summed E-state index contributed by atoms with van der Waals surface area (Å²) in [6.45, 7) is 4.26. The molecule has 1 saturated heterocycles. The molecule has 7 heteroatoms. The average Bonchev–Trinajstić information content (AvgIpc) is 3.08. The van der Waals surface area contributed by atoms with Crippen molar-refractivity contribution in [3.63, 3.8) is 0 Å². The fourth-order valence-corrected chi connectivity index (χ4v) is 8.53. The van der Waals surface area contributed by atoms with Crippen molar-refractivity contribution in [1.82, 2.24) is 4.31 Å². The number of sulfonamides is 1. The lowest BCUT2D eigenvalue weighted by molar-refractivity contribution is -0.130. The summed E-state index contributed by atoms with van der Waals surface area (Å²) in [5, 5.41) is 9.16. The highest BCUT2D eigenvalue weighted by atomic mass is 35.5. The van der Waals surface area contributed by atoms with E-state index in [9.17, 15) is 18.3 Å². The van der Waals surface area contributed by atoms with Gasteiger partial charge in [-0.05, 0) is 36.2 Å². The second kappa shape index (κ2) is 5.69. The summed E-state index contributed by atoms with van der Waals surface area (Å²) in [6, 6.07) is 8.30. The van der Waals surface area contributed by atoms with Gasteiger partial charge in [-0.25, -0.2) is 12.7 Å². The SMILES string of the molecule is CC1(C)C2CCC13CS(=O)(=O)N(C(=O)[C@H](Cl)[C@@H](O)c1ccccc1)C3C2. The molecular formula is C19H24ClNO4S. The van der Waals surface area contributed by atoms with Gasteiger partial charge in [0.05, 0.1) is 11.8 Å². The minimum atomic E-state index is -3.73. The van der Waals surface area contributed by atoms with Crippen LogP contribution in [0.2, 0.25) is 0 Å². The van der Waals surface area contributed by atoms with Crippen molar-refractivity contribution < 1.29 is 18.3 Å². The molecule has 5 nitrogen and oxygen atoms in total. The summed E-state index contributed by atoms with van der Waals surface area (Å²) in [7, 11) is -3.73. The number of benzene rings is 1. The number of fused-ring (bicyclic) bond motifs is 1. The van der Waals surface area contributed by atoms with Gasteiger partial charge in [0.25, 0.3) is 5.91 Å². The largest absolute Gasteiger partial charge is 0.386 e. The maximum atomic E-state index is 13.1. The summed E-state index contributed by atoms with van der Waals surface area (Å²) in [5.74, 6) is -0.273. The summed E-state index contributed by atoms with van der Waals surface area (Å²) in [5.41, 5.74) is 0.000489. The molecule has 1 spiro atoms. The minimum absolute atomic E-state index is 0.00491. The quantitative estimate of drug-likeness (QED) is 0.796. The number of alkyl halides is 1. The first-order valence-corrected chi connectivity index (χ1v) is 11.1. The van der Waals surface area contributed by atoms with Gasteiger partial charge in [0.15, 0.2) is 0 Å². The van der Waals surface area contributed by atoms with Crippen LogP contribution in [-0.2, 0) is 14.8 Å². The summed E-state index contributed by atoms with van der Waals surface area (Å²) < 4.78 is 26.9. The van der Waals surface area contributed by atoms with Crippen LogP contribution in [0.3, 0.4) is 0 Å². The lowest BCUT2D eigenvalue weighted by Gasteiger charge is -2.37. The van der Waals surface area contributed by atoms with E-state index >= 15 is 0 Å². The highest BCUT2D eigenvalue weighted by Gasteiger charge is 2.72. The third kappa shape index (κ3) is 2.25. The number of nitrogens with zero attached hydrogens (tertiary/aromatic N) is 1. The Balaban J connectivity index is 1.66. The number of hydrogen-bond acceptors (Lipinski definition) is 4. The van der Waals surface area contributed by atoms with E-state index in [-0.39, 0.29) is 22.6 Å². The van der Waals surface area contributed by atoms with Crippen LogP contribution >= 0.6 is 11.6 Å². The fraction of sp³-hybridized carbons (Fsp3) is 0.632. The van der Waals surface area contributed by atoms with Crippen molar-refractivity contribution in [2.75, 3.05) is 5.75 Å². The molecule has 1 aliphatic heterocycles. The van der Waals surface area contributed by atoms with Gasteiger partial charge in [-0.3, -0.25) is 4.79 Å². The average molecular weight is 398 g/mol. The van der Waals surface area contributed by atoms with Crippen LogP contribution in [0.25, 0.3) is 0 Å². The lowest BCUT2D eigenvalue weighted by atomic mass is 9.69. The second-order valence-electron chi connectivity index (χ2n) is 8.51. The summed E-state index contributed by atoms with van der Waals surface area (Å²) >= 11 is 6.28. The van der Waals surface area contributed by atoms with Gasteiger partial charge in [0, 0.05) is 5.41 Å². The standard InChI is InChI=1S/C19H24ClNO4S/c1-18(2)13-8-9-19(18)11-26(24,25)21(14(19)10-13)17(23)15(20)16(22)12-6-4-3-5-7-12/h3-7,13-16,22H,8-11H2,1-2H3/t13?,14?,15-,16+,19?/m1/s1. The third-order valence-electron chi connectivity index (χ3n) is 7.28. The topological polar surface area (TPSA) is 74.7 Å². The van der Waals surface area contributed by atoms with Crippen molar-refractivity contribution in [1.29, 1.82) is 0 Å². The van der Waals surface area contributed by atoms with E-state index in [4.69, 9.17) is 11.6 Å². The van der Waals surface area contributed by atoms with Crippen LogP contribution in [-0.4, -0.2) is 40.9 Å². The van der Waals surface area contributed by atoms with Gasteiger partial charge < -0.3 is 5.11 Å². The van der Waals surface area contributed by atoms with Crippen LogP contribution in [0.1, 0.15) is 44.8 Å². The Kier molecular flexibility index (Phi) is 4.00. The molecule has 1 N–H and O–H groups in total. The van der Waals surface area contributed by atoms with Crippen molar-refractivity contribution in [3.05, 3.63) is 35.9 Å². The van der Waals surface area contributed by atoms with Crippen LogP contribution < -0.4 is 0 Å². The van der Waals surface area contributed by atoms with E-state index in [2.05, 4.69) is 13.8 Å². The van der Waals surface area contributed by atoms with Crippen LogP contribution in [0.15, 0.2) is 30.3 Å². The van der Waals surface area contributed by atoms with Crippen LogP contribution in [0.4, 0.5) is 0 Å². The Hall–Kier alpha value is -1.11.